The van der Waals surface area contributed by atoms with E-state index in [-0.39, 0.29) is 11.9 Å². The lowest BCUT2D eigenvalue weighted by Gasteiger charge is -2.16. The molecule has 0 aliphatic carbocycles. The first-order chi connectivity index (χ1) is 7.72. The fraction of sp³-hybridized carbons (Fsp3) is 0.333. The smallest absolute Gasteiger partial charge is 0.131 e. The zero-order chi connectivity index (χ0) is 12.0. The zero-order valence-corrected chi connectivity index (χ0v) is 9.37. The van der Waals surface area contributed by atoms with E-state index in [1.165, 1.54) is 13.2 Å². The van der Waals surface area contributed by atoms with E-state index < -0.39 is 0 Å². The molecule has 0 aliphatic heterocycles. The van der Waals surface area contributed by atoms with Gasteiger partial charge >= 0.3 is 0 Å². The largest absolute Gasteiger partial charge is 0.497 e. The van der Waals surface area contributed by atoms with Gasteiger partial charge in [0.05, 0.1) is 7.11 Å². The Labute approximate surface area is 95.1 Å². The number of allylic oxidation sites excluding steroid dienone is 1. The average molecular weight is 224 g/mol. The van der Waals surface area contributed by atoms with E-state index in [2.05, 4.69) is 12.0 Å². The number of hydrogen-bond acceptors (Lipinski definition) is 3. The molecule has 1 rings (SSSR count). The number of hydrazine groups is 1. The molecule has 1 aromatic carbocycles. The van der Waals surface area contributed by atoms with Crippen LogP contribution in [0, 0.1) is 5.82 Å². The van der Waals surface area contributed by atoms with Gasteiger partial charge in [-0.3, -0.25) is 11.3 Å². The van der Waals surface area contributed by atoms with Crippen LogP contribution in [-0.2, 0) is 0 Å². The van der Waals surface area contributed by atoms with Gasteiger partial charge < -0.3 is 4.74 Å². The van der Waals surface area contributed by atoms with E-state index in [0.29, 0.717) is 17.7 Å². The Bertz CT molecular complexity index is 355. The lowest BCUT2D eigenvalue weighted by atomic mass is 10.0. The summed E-state index contributed by atoms with van der Waals surface area (Å²) >= 11 is 0. The normalized spacial score (nSPS) is 12.2. The third kappa shape index (κ3) is 3.05. The van der Waals surface area contributed by atoms with Crippen LogP contribution in [0.25, 0.3) is 0 Å². The summed E-state index contributed by atoms with van der Waals surface area (Å²) in [5.41, 5.74) is 3.15. The Morgan fingerprint density at radius 1 is 1.62 bits per heavy atom. The monoisotopic (exact) mass is 224 g/mol. The summed E-state index contributed by atoms with van der Waals surface area (Å²) < 4.78 is 18.6. The van der Waals surface area contributed by atoms with Crippen LogP contribution in [0.5, 0.6) is 5.75 Å². The van der Waals surface area contributed by atoms with Gasteiger partial charge in [-0.15, -0.1) is 6.58 Å². The first-order valence-corrected chi connectivity index (χ1v) is 5.13. The van der Waals surface area contributed by atoms with E-state index in [9.17, 15) is 4.39 Å². The number of ether oxygens (including phenoxy) is 1. The molecule has 0 fully saturated rings. The van der Waals surface area contributed by atoms with Crippen molar-refractivity contribution >= 4 is 0 Å². The van der Waals surface area contributed by atoms with Crippen molar-refractivity contribution in [2.75, 3.05) is 7.11 Å². The quantitative estimate of drug-likeness (QED) is 0.443. The van der Waals surface area contributed by atoms with Crippen LogP contribution in [-0.4, -0.2) is 7.11 Å². The Morgan fingerprint density at radius 2 is 2.38 bits per heavy atom. The molecule has 0 spiro atoms. The van der Waals surface area contributed by atoms with Gasteiger partial charge in [0.15, 0.2) is 0 Å². The number of benzene rings is 1. The number of nitrogens with one attached hydrogen (secondary N) is 1. The molecule has 88 valence electrons. The van der Waals surface area contributed by atoms with Crippen LogP contribution < -0.4 is 16.0 Å². The molecule has 0 saturated carbocycles. The lowest BCUT2D eigenvalue weighted by molar-refractivity contribution is 0.408. The summed E-state index contributed by atoms with van der Waals surface area (Å²) in [7, 11) is 1.50. The molecule has 1 atom stereocenters. The van der Waals surface area contributed by atoms with Crippen LogP contribution in [0.4, 0.5) is 4.39 Å². The Morgan fingerprint density at radius 3 is 2.88 bits per heavy atom. The van der Waals surface area contributed by atoms with E-state index in [1.54, 1.807) is 18.2 Å². The molecule has 1 unspecified atom stereocenters. The van der Waals surface area contributed by atoms with Gasteiger partial charge in [-0.2, -0.15) is 0 Å². The lowest BCUT2D eigenvalue weighted by Crippen LogP contribution is -2.28. The summed E-state index contributed by atoms with van der Waals surface area (Å²) in [6, 6.07) is 4.55. The molecule has 0 bridgehead atoms. The molecule has 3 nitrogen and oxygen atoms in total. The van der Waals surface area contributed by atoms with E-state index in [1.807, 2.05) is 0 Å². The molecule has 16 heavy (non-hydrogen) atoms. The summed E-state index contributed by atoms with van der Waals surface area (Å²) in [4.78, 5) is 0. The molecule has 0 aromatic heterocycles. The van der Waals surface area contributed by atoms with Gasteiger partial charge in [-0.25, -0.2) is 4.39 Å². The maximum atomic E-state index is 13.7. The van der Waals surface area contributed by atoms with Crippen molar-refractivity contribution in [2.24, 2.45) is 5.84 Å². The van der Waals surface area contributed by atoms with Gasteiger partial charge in [-0.05, 0) is 18.9 Å². The fourth-order valence-electron chi connectivity index (χ4n) is 1.53. The van der Waals surface area contributed by atoms with E-state index in [0.717, 1.165) is 6.42 Å². The Hall–Kier alpha value is -1.39. The molecule has 0 saturated heterocycles. The van der Waals surface area contributed by atoms with Gasteiger partial charge in [0, 0.05) is 17.7 Å². The predicted octanol–water partition coefficient (Wildman–Crippen LogP) is 2.30. The maximum Gasteiger partial charge on any atom is 0.131 e. The number of rotatable bonds is 6. The second kappa shape index (κ2) is 6.25. The average Bonchev–Trinajstić information content (AvgIpc) is 2.31. The number of methoxy groups -OCH3 is 1. The highest BCUT2D eigenvalue weighted by atomic mass is 19.1. The second-order valence-corrected chi connectivity index (χ2v) is 3.47. The third-order valence-corrected chi connectivity index (χ3v) is 2.44. The summed E-state index contributed by atoms with van der Waals surface area (Å²) in [5, 5.41) is 0. The minimum Gasteiger partial charge on any atom is -0.497 e. The predicted molar refractivity (Wildman–Crippen MR) is 62.4 cm³/mol. The number of nitrogens with two attached hydrogens (primary N) is 1. The Kier molecular flexibility index (Phi) is 4.95. The van der Waals surface area contributed by atoms with Gasteiger partial charge in [0.2, 0.25) is 0 Å². The summed E-state index contributed by atoms with van der Waals surface area (Å²) in [6.07, 6.45) is 3.27. The van der Waals surface area contributed by atoms with Crippen LogP contribution in [0.15, 0.2) is 30.9 Å². The summed E-state index contributed by atoms with van der Waals surface area (Å²) in [6.45, 7) is 3.63. The SMILES string of the molecule is C=CCCC(NN)c1ccc(OC)cc1F. The van der Waals surface area contributed by atoms with E-state index in [4.69, 9.17) is 10.6 Å². The van der Waals surface area contributed by atoms with Gasteiger partial charge in [-0.1, -0.05) is 12.1 Å². The van der Waals surface area contributed by atoms with Crippen molar-refractivity contribution in [2.45, 2.75) is 18.9 Å². The van der Waals surface area contributed by atoms with Crippen molar-refractivity contribution in [3.05, 3.63) is 42.2 Å². The van der Waals surface area contributed by atoms with Gasteiger partial charge in [0.1, 0.15) is 11.6 Å². The third-order valence-electron chi connectivity index (χ3n) is 2.44. The van der Waals surface area contributed by atoms with Crippen molar-refractivity contribution in [1.82, 2.24) is 5.43 Å². The summed E-state index contributed by atoms with van der Waals surface area (Å²) in [5.74, 6) is 5.59. The van der Waals surface area contributed by atoms with Crippen molar-refractivity contribution in [3.8, 4) is 5.75 Å². The van der Waals surface area contributed by atoms with Crippen LogP contribution in [0.3, 0.4) is 0 Å². The first-order valence-electron chi connectivity index (χ1n) is 5.13. The van der Waals surface area contributed by atoms with Crippen molar-refractivity contribution < 1.29 is 9.13 Å². The fourth-order valence-corrected chi connectivity index (χ4v) is 1.53. The van der Waals surface area contributed by atoms with Crippen molar-refractivity contribution in [1.29, 1.82) is 0 Å². The van der Waals surface area contributed by atoms with Crippen LogP contribution >= 0.6 is 0 Å². The molecule has 4 heteroatoms. The number of hydrogen-bond donors (Lipinski definition) is 2. The van der Waals surface area contributed by atoms with Gasteiger partial charge in [0.25, 0.3) is 0 Å². The zero-order valence-electron chi connectivity index (χ0n) is 9.37. The Balaban J connectivity index is 2.87. The van der Waals surface area contributed by atoms with Crippen LogP contribution in [0.1, 0.15) is 24.4 Å². The second-order valence-electron chi connectivity index (χ2n) is 3.47. The molecule has 0 aliphatic rings. The highest BCUT2D eigenvalue weighted by Gasteiger charge is 2.14. The standard InChI is InChI=1S/C12H17FN2O/c1-3-4-5-12(15-14)10-7-6-9(16-2)8-11(10)13/h3,6-8,12,15H,1,4-5,14H2,2H3. The molecule has 0 radical (unpaired) electrons. The molecular weight excluding hydrogens is 207 g/mol. The molecular formula is C12H17FN2O. The topological polar surface area (TPSA) is 47.3 Å². The maximum absolute atomic E-state index is 13.7. The van der Waals surface area contributed by atoms with E-state index >= 15 is 0 Å². The van der Waals surface area contributed by atoms with Crippen LogP contribution in [0.2, 0.25) is 0 Å². The minimum absolute atomic E-state index is 0.205. The highest BCUT2D eigenvalue weighted by molar-refractivity contribution is 5.30. The molecule has 0 heterocycles. The van der Waals surface area contributed by atoms with Crippen molar-refractivity contribution in [3.63, 3.8) is 0 Å². The first kappa shape index (κ1) is 12.7. The highest BCUT2D eigenvalue weighted by Crippen LogP contribution is 2.24. The molecule has 1 aromatic rings. The molecule has 3 N–H and O–H groups in total. The minimum atomic E-state index is -0.314. The molecule has 0 amide bonds. The number of halogens is 1.